The Labute approximate surface area is 201 Å². The van der Waals surface area contributed by atoms with Gasteiger partial charge < -0.3 is 20.7 Å². The molecule has 2 aromatic heterocycles. The molecule has 32 heavy (non-hydrogen) atoms. The largest absolute Gasteiger partial charge is 0.491 e. The molecule has 10 heteroatoms. The summed E-state index contributed by atoms with van der Waals surface area (Å²) in [6, 6.07) is 5.18. The van der Waals surface area contributed by atoms with Gasteiger partial charge in [-0.1, -0.05) is 37.0 Å². The Bertz CT molecular complexity index is 1120. The van der Waals surface area contributed by atoms with Crippen molar-refractivity contribution < 1.29 is 9.53 Å². The highest BCUT2D eigenvalue weighted by Gasteiger charge is 2.20. The lowest BCUT2D eigenvalue weighted by Crippen LogP contribution is -2.29. The SMILES string of the molecule is CCN(CC)CCOc1cc(-c2nc(N)nc3sc(C(=O)NC(C)C)cc23)c(Cl)cc1Cl. The number of nitrogen functional groups attached to an aromatic ring is 1. The van der Waals surface area contributed by atoms with Gasteiger partial charge >= 0.3 is 0 Å². The van der Waals surface area contributed by atoms with Gasteiger partial charge in [-0.25, -0.2) is 9.97 Å². The first-order chi connectivity index (χ1) is 15.2. The van der Waals surface area contributed by atoms with Crippen LogP contribution < -0.4 is 15.8 Å². The lowest BCUT2D eigenvalue weighted by Gasteiger charge is -2.19. The van der Waals surface area contributed by atoms with Gasteiger partial charge in [0.15, 0.2) is 0 Å². The van der Waals surface area contributed by atoms with Crippen LogP contribution in [0.2, 0.25) is 10.0 Å². The van der Waals surface area contributed by atoms with Crippen molar-refractivity contribution in [1.82, 2.24) is 20.2 Å². The normalized spacial score (nSPS) is 11.5. The maximum Gasteiger partial charge on any atom is 0.261 e. The fraction of sp³-hybridized carbons (Fsp3) is 0.409. The number of nitrogens with two attached hydrogens (primary N) is 1. The highest BCUT2D eigenvalue weighted by atomic mass is 35.5. The molecular weight excluding hydrogens is 469 g/mol. The Morgan fingerprint density at radius 2 is 1.91 bits per heavy atom. The maximum atomic E-state index is 12.5. The molecule has 0 aliphatic rings. The van der Waals surface area contributed by atoms with Gasteiger partial charge in [-0.05, 0) is 45.1 Å². The van der Waals surface area contributed by atoms with E-state index in [0.717, 1.165) is 19.6 Å². The van der Waals surface area contributed by atoms with E-state index in [1.807, 2.05) is 13.8 Å². The van der Waals surface area contributed by atoms with Gasteiger partial charge in [0.1, 0.15) is 17.2 Å². The average Bonchev–Trinajstić information content (AvgIpc) is 3.16. The zero-order valence-corrected chi connectivity index (χ0v) is 20.9. The number of anilines is 1. The number of hydrogen-bond donors (Lipinski definition) is 2. The van der Waals surface area contributed by atoms with Crippen molar-refractivity contribution in [2.24, 2.45) is 0 Å². The smallest absolute Gasteiger partial charge is 0.261 e. The number of amides is 1. The number of aromatic nitrogens is 2. The second kappa shape index (κ2) is 10.7. The Morgan fingerprint density at radius 3 is 2.56 bits per heavy atom. The molecule has 2 heterocycles. The van der Waals surface area contributed by atoms with E-state index in [1.165, 1.54) is 11.3 Å². The van der Waals surface area contributed by atoms with Gasteiger partial charge in [-0.15, -0.1) is 11.3 Å². The predicted octanol–water partition coefficient (Wildman–Crippen LogP) is 5.11. The molecule has 0 fully saturated rings. The van der Waals surface area contributed by atoms with Crippen molar-refractivity contribution in [1.29, 1.82) is 0 Å². The number of rotatable bonds is 9. The summed E-state index contributed by atoms with van der Waals surface area (Å²) in [5, 5.41) is 4.40. The number of carbonyl (C=O) groups is 1. The fourth-order valence-corrected chi connectivity index (χ4v) is 4.70. The third-order valence-corrected chi connectivity index (χ3v) is 6.53. The predicted molar refractivity (Wildman–Crippen MR) is 133 cm³/mol. The summed E-state index contributed by atoms with van der Waals surface area (Å²) in [4.78, 5) is 24.6. The van der Waals surface area contributed by atoms with Gasteiger partial charge in [0.05, 0.1) is 20.6 Å². The van der Waals surface area contributed by atoms with Crippen LogP contribution in [-0.2, 0) is 0 Å². The van der Waals surface area contributed by atoms with Crippen LogP contribution in [0.4, 0.5) is 5.95 Å². The number of benzene rings is 1. The zero-order chi connectivity index (χ0) is 23.4. The standard InChI is InChI=1S/C22H27Cl2N5O2S/c1-5-29(6-2)7-8-31-17-9-13(15(23)11-16(17)24)19-14-10-18(20(30)26-12(3)4)32-21(14)28-22(25)27-19/h9-12H,5-8H2,1-4H3,(H,26,30)(H2,25,27,28). The molecule has 0 spiro atoms. The van der Waals surface area contributed by atoms with E-state index in [-0.39, 0.29) is 17.9 Å². The van der Waals surface area contributed by atoms with Crippen molar-refractivity contribution in [2.45, 2.75) is 33.7 Å². The molecule has 7 nitrogen and oxygen atoms in total. The van der Waals surface area contributed by atoms with E-state index in [4.69, 9.17) is 33.7 Å². The number of hydrogen-bond acceptors (Lipinski definition) is 7. The minimum atomic E-state index is -0.171. The number of nitrogens with zero attached hydrogens (tertiary/aromatic N) is 3. The number of nitrogens with one attached hydrogen (secondary N) is 1. The summed E-state index contributed by atoms with van der Waals surface area (Å²) in [5.74, 6) is 0.437. The van der Waals surface area contributed by atoms with Crippen molar-refractivity contribution in [3.8, 4) is 17.0 Å². The second-order valence-corrected chi connectivity index (χ2v) is 9.37. The molecule has 0 unspecified atom stereocenters. The van der Waals surface area contributed by atoms with E-state index < -0.39 is 0 Å². The minimum Gasteiger partial charge on any atom is -0.491 e. The summed E-state index contributed by atoms with van der Waals surface area (Å²) in [6.45, 7) is 11.2. The van der Waals surface area contributed by atoms with Gasteiger partial charge in [0, 0.05) is 23.5 Å². The Balaban J connectivity index is 2.00. The topological polar surface area (TPSA) is 93.4 Å². The molecular formula is C22H27Cl2N5O2S. The Hall–Kier alpha value is -2.13. The van der Waals surface area contributed by atoms with E-state index >= 15 is 0 Å². The summed E-state index contributed by atoms with van der Waals surface area (Å²) in [7, 11) is 0. The molecule has 0 bridgehead atoms. The van der Waals surface area contributed by atoms with Crippen molar-refractivity contribution in [2.75, 3.05) is 32.0 Å². The van der Waals surface area contributed by atoms with E-state index in [0.29, 0.717) is 48.8 Å². The summed E-state index contributed by atoms with van der Waals surface area (Å²) >= 11 is 14.2. The molecule has 3 rings (SSSR count). The zero-order valence-electron chi connectivity index (χ0n) is 18.5. The summed E-state index contributed by atoms with van der Waals surface area (Å²) in [6.07, 6.45) is 0. The molecule has 0 atom stereocenters. The van der Waals surface area contributed by atoms with Crippen LogP contribution in [0.1, 0.15) is 37.4 Å². The first-order valence-electron chi connectivity index (χ1n) is 10.5. The number of thiophene rings is 1. The summed E-state index contributed by atoms with van der Waals surface area (Å²) in [5.41, 5.74) is 7.11. The van der Waals surface area contributed by atoms with Gasteiger partial charge in [-0.3, -0.25) is 4.79 Å². The summed E-state index contributed by atoms with van der Waals surface area (Å²) < 4.78 is 5.95. The first kappa shape index (κ1) is 24.5. The monoisotopic (exact) mass is 495 g/mol. The fourth-order valence-electron chi connectivity index (χ4n) is 3.23. The van der Waals surface area contributed by atoms with E-state index in [2.05, 4.69) is 34.0 Å². The molecule has 0 aliphatic heterocycles. The lowest BCUT2D eigenvalue weighted by molar-refractivity contribution is 0.0947. The third-order valence-electron chi connectivity index (χ3n) is 4.89. The van der Waals surface area contributed by atoms with Crippen LogP contribution >= 0.6 is 34.5 Å². The van der Waals surface area contributed by atoms with Crippen LogP contribution in [0.3, 0.4) is 0 Å². The number of likely N-dealkylation sites (N-methyl/N-ethyl adjacent to an activating group) is 1. The number of halogens is 2. The Kier molecular flexibility index (Phi) is 8.16. The molecule has 0 saturated carbocycles. The minimum absolute atomic E-state index is 0.0186. The molecule has 1 aromatic carbocycles. The molecule has 3 N–H and O–H groups in total. The highest BCUT2D eigenvalue weighted by Crippen LogP contribution is 2.40. The molecule has 0 saturated heterocycles. The molecule has 3 aromatic rings. The molecule has 0 radical (unpaired) electrons. The number of carbonyl (C=O) groups excluding carboxylic acids is 1. The lowest BCUT2D eigenvalue weighted by atomic mass is 10.1. The van der Waals surface area contributed by atoms with Gasteiger partial charge in [0.2, 0.25) is 5.95 Å². The van der Waals surface area contributed by atoms with E-state index in [9.17, 15) is 4.79 Å². The van der Waals surface area contributed by atoms with Crippen molar-refractivity contribution in [3.05, 3.63) is 33.1 Å². The third kappa shape index (κ3) is 5.61. The molecule has 1 amide bonds. The van der Waals surface area contributed by atoms with E-state index in [1.54, 1.807) is 18.2 Å². The highest BCUT2D eigenvalue weighted by molar-refractivity contribution is 7.20. The molecule has 0 aliphatic carbocycles. The van der Waals surface area contributed by atoms with Gasteiger partial charge in [-0.2, -0.15) is 0 Å². The van der Waals surface area contributed by atoms with Crippen LogP contribution in [0, 0.1) is 0 Å². The average molecular weight is 496 g/mol. The second-order valence-electron chi connectivity index (χ2n) is 7.53. The van der Waals surface area contributed by atoms with Crippen LogP contribution in [0.5, 0.6) is 5.75 Å². The van der Waals surface area contributed by atoms with Crippen molar-refractivity contribution in [3.63, 3.8) is 0 Å². The van der Waals surface area contributed by atoms with Crippen LogP contribution in [0.25, 0.3) is 21.5 Å². The quantitative estimate of drug-likeness (QED) is 0.428. The molecule has 172 valence electrons. The van der Waals surface area contributed by atoms with Crippen LogP contribution in [0.15, 0.2) is 18.2 Å². The maximum absolute atomic E-state index is 12.5. The van der Waals surface area contributed by atoms with Gasteiger partial charge in [0.25, 0.3) is 5.91 Å². The number of fused-ring (bicyclic) bond motifs is 1. The number of ether oxygens (including phenoxy) is 1. The first-order valence-corrected chi connectivity index (χ1v) is 12.0. The van der Waals surface area contributed by atoms with Crippen LogP contribution in [-0.4, -0.2) is 53.1 Å². The van der Waals surface area contributed by atoms with Crippen molar-refractivity contribution >= 4 is 56.6 Å². The Morgan fingerprint density at radius 1 is 1.19 bits per heavy atom.